The lowest BCUT2D eigenvalue weighted by atomic mass is 10.3. The van der Waals surface area contributed by atoms with Gasteiger partial charge in [0.2, 0.25) is 10.0 Å². The van der Waals surface area contributed by atoms with Crippen LogP contribution in [-0.4, -0.2) is 19.5 Å². The van der Waals surface area contributed by atoms with Gasteiger partial charge < -0.3 is 5.11 Å². The first-order chi connectivity index (χ1) is 9.31. The zero-order valence-corrected chi connectivity index (χ0v) is 14.2. The molecule has 0 saturated heterocycles. The van der Waals surface area contributed by atoms with Gasteiger partial charge >= 0.3 is 5.97 Å². The molecule has 0 bridgehead atoms. The maximum Gasteiger partial charge on any atom is 0.345 e. The normalized spacial score (nSPS) is 13.3. The van der Waals surface area contributed by atoms with E-state index in [4.69, 9.17) is 5.11 Å². The number of thiophene rings is 2. The van der Waals surface area contributed by atoms with Crippen LogP contribution in [0, 0.1) is 0 Å². The summed E-state index contributed by atoms with van der Waals surface area (Å²) in [5, 5.41) is 10.8. The van der Waals surface area contributed by atoms with Gasteiger partial charge in [-0.1, -0.05) is 6.07 Å². The van der Waals surface area contributed by atoms with Gasteiger partial charge in [-0.15, -0.1) is 22.7 Å². The van der Waals surface area contributed by atoms with Gasteiger partial charge in [-0.3, -0.25) is 0 Å². The molecule has 0 aliphatic carbocycles. The summed E-state index contributed by atoms with van der Waals surface area (Å²) >= 11 is 5.42. The third kappa shape index (κ3) is 3.29. The van der Waals surface area contributed by atoms with Crippen LogP contribution in [0.15, 0.2) is 32.3 Å². The lowest BCUT2D eigenvalue weighted by Gasteiger charge is -2.12. The molecule has 2 heterocycles. The first-order valence-electron chi connectivity index (χ1n) is 5.39. The van der Waals surface area contributed by atoms with E-state index in [1.165, 1.54) is 11.3 Å². The molecular formula is C11H10BrNO4S3. The second-order valence-electron chi connectivity index (χ2n) is 3.91. The van der Waals surface area contributed by atoms with Gasteiger partial charge in [0.25, 0.3) is 0 Å². The quantitative estimate of drug-likeness (QED) is 0.812. The van der Waals surface area contributed by atoms with Gasteiger partial charge in [0, 0.05) is 4.88 Å². The molecular weight excluding hydrogens is 386 g/mol. The standard InChI is InChI=1S/C11H10BrNO4S3/c1-6(7-3-2-4-18-7)13-20(16,17)9-5-8(11(14)15)19-10(9)12/h2-6,13H,1H3,(H,14,15). The highest BCUT2D eigenvalue weighted by Crippen LogP contribution is 2.32. The maximum atomic E-state index is 12.3. The van der Waals surface area contributed by atoms with E-state index < -0.39 is 16.0 Å². The van der Waals surface area contributed by atoms with Crippen LogP contribution in [-0.2, 0) is 10.0 Å². The van der Waals surface area contributed by atoms with Gasteiger partial charge in [0.1, 0.15) is 9.77 Å². The Labute approximate surface area is 132 Å². The Hall–Kier alpha value is -0.740. The van der Waals surface area contributed by atoms with Crippen molar-refractivity contribution in [1.29, 1.82) is 0 Å². The zero-order chi connectivity index (χ0) is 14.9. The molecule has 0 aromatic carbocycles. The number of carboxylic acids is 1. The summed E-state index contributed by atoms with van der Waals surface area (Å²) in [5.41, 5.74) is 0. The zero-order valence-electron chi connectivity index (χ0n) is 10.2. The fourth-order valence-corrected chi connectivity index (χ4v) is 5.97. The predicted octanol–water partition coefficient (Wildman–Crippen LogP) is 3.31. The van der Waals surface area contributed by atoms with Crippen LogP contribution >= 0.6 is 38.6 Å². The van der Waals surface area contributed by atoms with Crippen LogP contribution in [0.3, 0.4) is 0 Å². The minimum Gasteiger partial charge on any atom is -0.477 e. The van der Waals surface area contributed by atoms with E-state index in [9.17, 15) is 13.2 Å². The van der Waals surface area contributed by atoms with Crippen LogP contribution in [0.25, 0.3) is 0 Å². The van der Waals surface area contributed by atoms with Gasteiger partial charge in [-0.2, -0.15) is 0 Å². The van der Waals surface area contributed by atoms with Crippen molar-refractivity contribution in [1.82, 2.24) is 4.72 Å². The number of hydrogen-bond donors (Lipinski definition) is 2. The van der Waals surface area contributed by atoms with Gasteiger partial charge in [-0.05, 0) is 40.4 Å². The summed E-state index contributed by atoms with van der Waals surface area (Å²) in [6.07, 6.45) is 0. The molecule has 2 rings (SSSR count). The lowest BCUT2D eigenvalue weighted by molar-refractivity contribution is 0.0702. The fraction of sp³-hybridized carbons (Fsp3) is 0.182. The van der Waals surface area contributed by atoms with E-state index in [1.54, 1.807) is 6.92 Å². The van der Waals surface area contributed by atoms with Crippen molar-refractivity contribution in [2.24, 2.45) is 0 Å². The first kappa shape index (κ1) is 15.6. The highest BCUT2D eigenvalue weighted by atomic mass is 79.9. The maximum absolute atomic E-state index is 12.3. The molecule has 2 aromatic heterocycles. The van der Waals surface area contributed by atoms with Gasteiger partial charge in [0.15, 0.2) is 0 Å². The van der Waals surface area contributed by atoms with E-state index in [1.807, 2.05) is 17.5 Å². The highest BCUT2D eigenvalue weighted by Gasteiger charge is 2.25. The molecule has 5 nitrogen and oxygen atoms in total. The molecule has 0 amide bonds. The summed E-state index contributed by atoms with van der Waals surface area (Å²) < 4.78 is 27.4. The average Bonchev–Trinajstić information content (AvgIpc) is 2.96. The second kappa shape index (κ2) is 5.94. The van der Waals surface area contributed by atoms with Crippen LogP contribution in [0.1, 0.15) is 27.5 Å². The smallest absolute Gasteiger partial charge is 0.345 e. The van der Waals surface area contributed by atoms with Gasteiger partial charge in [0.05, 0.1) is 9.83 Å². The molecule has 0 radical (unpaired) electrons. The molecule has 108 valence electrons. The topological polar surface area (TPSA) is 83.5 Å². The largest absolute Gasteiger partial charge is 0.477 e. The number of aromatic carboxylic acids is 1. The summed E-state index contributed by atoms with van der Waals surface area (Å²) in [7, 11) is -3.77. The Bertz CT molecular complexity index is 721. The van der Waals surface area contributed by atoms with Crippen molar-refractivity contribution in [3.63, 3.8) is 0 Å². The van der Waals surface area contributed by atoms with E-state index in [-0.39, 0.29) is 19.6 Å². The Kier molecular flexibility index (Phi) is 4.65. The highest BCUT2D eigenvalue weighted by molar-refractivity contribution is 9.11. The number of carbonyl (C=O) groups is 1. The Morgan fingerprint density at radius 1 is 1.50 bits per heavy atom. The van der Waals surface area contributed by atoms with Crippen LogP contribution in [0.4, 0.5) is 0 Å². The average molecular weight is 396 g/mol. The molecule has 20 heavy (non-hydrogen) atoms. The third-order valence-electron chi connectivity index (χ3n) is 2.46. The number of rotatable bonds is 5. The Morgan fingerprint density at radius 2 is 2.20 bits per heavy atom. The van der Waals surface area contributed by atoms with E-state index in [2.05, 4.69) is 20.7 Å². The lowest BCUT2D eigenvalue weighted by Crippen LogP contribution is -2.26. The van der Waals surface area contributed by atoms with Crippen molar-refractivity contribution in [3.8, 4) is 0 Å². The summed E-state index contributed by atoms with van der Waals surface area (Å²) in [4.78, 5) is 11.7. The fourth-order valence-electron chi connectivity index (χ4n) is 1.53. The monoisotopic (exact) mass is 395 g/mol. The number of nitrogens with one attached hydrogen (secondary N) is 1. The molecule has 0 aliphatic rings. The van der Waals surface area contributed by atoms with Crippen molar-refractivity contribution >= 4 is 54.6 Å². The van der Waals surface area contributed by atoms with Crippen molar-refractivity contribution in [3.05, 3.63) is 37.1 Å². The number of sulfonamides is 1. The minimum atomic E-state index is -3.77. The van der Waals surface area contributed by atoms with E-state index in [0.717, 1.165) is 22.3 Å². The first-order valence-corrected chi connectivity index (χ1v) is 9.37. The predicted molar refractivity (Wildman–Crippen MR) is 82.0 cm³/mol. The third-order valence-corrected chi connectivity index (χ3v) is 7.29. The molecule has 1 unspecified atom stereocenters. The van der Waals surface area contributed by atoms with Crippen LogP contribution in [0.2, 0.25) is 0 Å². The molecule has 0 aliphatic heterocycles. The van der Waals surface area contributed by atoms with E-state index in [0.29, 0.717) is 0 Å². The molecule has 2 N–H and O–H groups in total. The van der Waals surface area contributed by atoms with E-state index >= 15 is 0 Å². The number of carboxylic acid groups (broad SMARTS) is 1. The summed E-state index contributed by atoms with van der Waals surface area (Å²) in [5.74, 6) is -1.15. The van der Waals surface area contributed by atoms with Crippen molar-refractivity contribution < 1.29 is 18.3 Å². The summed E-state index contributed by atoms with van der Waals surface area (Å²) in [6, 6.07) is 4.46. The number of halogens is 1. The molecule has 0 fully saturated rings. The Morgan fingerprint density at radius 3 is 2.70 bits per heavy atom. The Balaban J connectivity index is 2.29. The van der Waals surface area contributed by atoms with Crippen molar-refractivity contribution in [2.75, 3.05) is 0 Å². The molecule has 0 spiro atoms. The molecule has 0 saturated carbocycles. The SMILES string of the molecule is CC(NS(=O)(=O)c1cc(C(=O)O)sc1Br)c1cccs1. The van der Waals surface area contributed by atoms with Crippen LogP contribution < -0.4 is 4.72 Å². The van der Waals surface area contributed by atoms with Gasteiger partial charge in [-0.25, -0.2) is 17.9 Å². The summed E-state index contributed by atoms with van der Waals surface area (Å²) in [6.45, 7) is 1.74. The van der Waals surface area contributed by atoms with Crippen molar-refractivity contribution in [2.45, 2.75) is 17.9 Å². The van der Waals surface area contributed by atoms with Crippen LogP contribution in [0.5, 0.6) is 0 Å². The molecule has 9 heteroatoms. The molecule has 2 aromatic rings. The number of hydrogen-bond acceptors (Lipinski definition) is 5. The second-order valence-corrected chi connectivity index (χ2v) is 8.94. The molecule has 1 atom stereocenters. The minimum absolute atomic E-state index is 0.0268.